The van der Waals surface area contributed by atoms with Crippen LogP contribution in [0.4, 0.5) is 15.8 Å². The summed E-state index contributed by atoms with van der Waals surface area (Å²) in [6.45, 7) is 8.02. The van der Waals surface area contributed by atoms with Crippen LogP contribution in [0.25, 0.3) is 10.9 Å². The number of benzene rings is 1. The Bertz CT molecular complexity index is 1720. The number of aryl methyl sites for hydroxylation is 2. The van der Waals surface area contributed by atoms with Crippen LogP contribution in [0.3, 0.4) is 0 Å². The molecule has 1 N–H and O–H groups in total. The third-order valence-corrected chi connectivity index (χ3v) is 9.51. The van der Waals surface area contributed by atoms with Crippen molar-refractivity contribution in [2.45, 2.75) is 77.2 Å². The molecule has 0 amide bonds. The molecule has 44 heavy (non-hydrogen) atoms. The Morgan fingerprint density at radius 3 is 2.55 bits per heavy atom. The number of piperidine rings is 1. The van der Waals surface area contributed by atoms with Gasteiger partial charge in [0.15, 0.2) is 5.43 Å². The standard InChI is InChI=1S/C35H41FN6O2/c1-23-5-6-28(17-38-23)39-12-3-4-29(21-39)41(18-25-9-11-37-24(2)14-25)19-26-20-42(27-7-8-27)33-16-34(40-13-10-30(43)22-40)32(36)15-31(33)35(26)44/h5-6,9,11,14-17,20,27,29-30,43H,3-4,7-8,10,12-13,18-19,21-22H2,1-2H3/t29-,30-/m0/s1. The van der Waals surface area contributed by atoms with Gasteiger partial charge in [0.25, 0.3) is 0 Å². The van der Waals surface area contributed by atoms with Crippen LogP contribution < -0.4 is 15.2 Å². The number of fused-ring (bicyclic) bond motifs is 1. The number of rotatable bonds is 8. The summed E-state index contributed by atoms with van der Waals surface area (Å²) in [5.41, 5.74) is 6.11. The van der Waals surface area contributed by atoms with Gasteiger partial charge in [-0.1, -0.05) is 0 Å². The Hall–Kier alpha value is -3.82. The fourth-order valence-corrected chi connectivity index (χ4v) is 6.99. The van der Waals surface area contributed by atoms with Gasteiger partial charge in [-0.15, -0.1) is 0 Å². The smallest absolute Gasteiger partial charge is 0.193 e. The summed E-state index contributed by atoms with van der Waals surface area (Å²) in [6.07, 6.45) is 10.2. The molecule has 0 bridgehead atoms. The van der Waals surface area contributed by atoms with E-state index in [0.29, 0.717) is 55.3 Å². The van der Waals surface area contributed by atoms with E-state index in [1.54, 1.807) is 0 Å². The van der Waals surface area contributed by atoms with Gasteiger partial charge in [0.1, 0.15) is 5.82 Å². The minimum atomic E-state index is -0.453. The maximum atomic E-state index is 15.6. The highest BCUT2D eigenvalue weighted by Gasteiger charge is 2.31. The summed E-state index contributed by atoms with van der Waals surface area (Å²) < 4.78 is 17.8. The molecule has 9 heteroatoms. The van der Waals surface area contributed by atoms with Crippen LogP contribution >= 0.6 is 0 Å². The number of nitrogens with zero attached hydrogens (tertiary/aromatic N) is 6. The molecule has 0 radical (unpaired) electrons. The predicted molar refractivity (Wildman–Crippen MR) is 172 cm³/mol. The monoisotopic (exact) mass is 596 g/mol. The van der Waals surface area contributed by atoms with Crippen molar-refractivity contribution >= 4 is 22.3 Å². The highest BCUT2D eigenvalue weighted by Crippen LogP contribution is 2.39. The van der Waals surface area contributed by atoms with Gasteiger partial charge < -0.3 is 19.5 Å². The van der Waals surface area contributed by atoms with E-state index in [1.807, 2.05) is 43.4 Å². The lowest BCUT2D eigenvalue weighted by Crippen LogP contribution is -2.48. The molecule has 3 aliphatic rings. The van der Waals surface area contributed by atoms with E-state index < -0.39 is 11.9 Å². The van der Waals surface area contributed by atoms with Gasteiger partial charge in [0.2, 0.25) is 0 Å². The zero-order valence-corrected chi connectivity index (χ0v) is 25.6. The Kier molecular flexibility index (Phi) is 7.84. The first kappa shape index (κ1) is 28.9. The van der Waals surface area contributed by atoms with Crippen molar-refractivity contribution < 1.29 is 9.50 Å². The minimum absolute atomic E-state index is 0.102. The summed E-state index contributed by atoms with van der Waals surface area (Å²) >= 11 is 0. The molecule has 1 aromatic carbocycles. The zero-order valence-electron chi connectivity index (χ0n) is 25.6. The van der Waals surface area contributed by atoms with Gasteiger partial charge in [-0.25, -0.2) is 4.39 Å². The zero-order chi connectivity index (χ0) is 30.4. The number of halogens is 1. The average Bonchev–Trinajstić information content (AvgIpc) is 3.78. The van der Waals surface area contributed by atoms with Crippen LogP contribution in [0.15, 0.2) is 59.8 Å². The first-order valence-corrected chi connectivity index (χ1v) is 16.0. The van der Waals surface area contributed by atoms with Crippen molar-refractivity contribution in [3.8, 4) is 0 Å². The normalized spacial score (nSPS) is 20.7. The van der Waals surface area contributed by atoms with Crippen LogP contribution in [0.2, 0.25) is 0 Å². The number of β-amino-alcohol motifs (C(OH)–C–C–N with tert-alkyl or cyclic N) is 1. The first-order chi connectivity index (χ1) is 21.3. The van der Waals surface area contributed by atoms with Crippen LogP contribution in [0.5, 0.6) is 0 Å². The highest BCUT2D eigenvalue weighted by molar-refractivity contribution is 5.84. The van der Waals surface area contributed by atoms with Crippen molar-refractivity contribution in [1.82, 2.24) is 19.4 Å². The molecule has 5 heterocycles. The van der Waals surface area contributed by atoms with Crippen LogP contribution in [0, 0.1) is 19.7 Å². The average molecular weight is 597 g/mol. The van der Waals surface area contributed by atoms with E-state index in [2.05, 4.69) is 48.6 Å². The van der Waals surface area contributed by atoms with E-state index in [9.17, 15) is 9.90 Å². The minimum Gasteiger partial charge on any atom is -0.391 e. The maximum Gasteiger partial charge on any atom is 0.193 e. The summed E-state index contributed by atoms with van der Waals surface area (Å²) in [7, 11) is 0. The summed E-state index contributed by atoms with van der Waals surface area (Å²) in [6, 6.07) is 12.2. The number of hydrogen-bond acceptors (Lipinski definition) is 7. The van der Waals surface area contributed by atoms with E-state index in [4.69, 9.17) is 0 Å². The summed E-state index contributed by atoms with van der Waals surface area (Å²) in [5, 5.41) is 10.5. The second kappa shape index (κ2) is 11.9. The third-order valence-electron chi connectivity index (χ3n) is 9.51. The molecule has 2 saturated heterocycles. The number of hydrogen-bond donors (Lipinski definition) is 1. The Balaban J connectivity index is 1.25. The topological polar surface area (TPSA) is 77.7 Å². The van der Waals surface area contributed by atoms with Crippen molar-refractivity contribution in [3.05, 3.63) is 93.5 Å². The Labute approximate surface area is 257 Å². The summed E-state index contributed by atoms with van der Waals surface area (Å²) in [5.74, 6) is -0.401. The number of aliphatic hydroxyl groups excluding tert-OH is 1. The largest absolute Gasteiger partial charge is 0.391 e. The SMILES string of the molecule is Cc1ccc(N2CCC[C@H](N(Cc3ccnc(C)c3)Cc3cn(C4CC4)c4cc(N5CC[C@H](O)C5)c(F)cc4c3=O)C2)cn1. The number of aliphatic hydroxyl groups is 1. The van der Waals surface area contributed by atoms with E-state index >= 15 is 4.39 Å². The Morgan fingerprint density at radius 1 is 0.955 bits per heavy atom. The van der Waals surface area contributed by atoms with Crippen molar-refractivity contribution in [1.29, 1.82) is 0 Å². The van der Waals surface area contributed by atoms with Crippen LogP contribution in [-0.4, -0.2) is 62.9 Å². The van der Waals surface area contributed by atoms with E-state index in [-0.39, 0.29) is 11.5 Å². The first-order valence-electron chi connectivity index (χ1n) is 16.0. The molecule has 3 aromatic heterocycles. The van der Waals surface area contributed by atoms with Crippen LogP contribution in [-0.2, 0) is 13.1 Å². The van der Waals surface area contributed by atoms with Gasteiger partial charge in [0.05, 0.1) is 29.2 Å². The van der Waals surface area contributed by atoms with E-state index in [0.717, 1.165) is 61.4 Å². The quantitative estimate of drug-likeness (QED) is 0.302. The molecule has 230 valence electrons. The van der Waals surface area contributed by atoms with Crippen LogP contribution in [0.1, 0.15) is 60.7 Å². The second-order valence-corrected chi connectivity index (χ2v) is 12.9. The third kappa shape index (κ3) is 5.95. The fraction of sp³-hybridized carbons (Fsp3) is 0.457. The number of anilines is 2. The van der Waals surface area contributed by atoms with Gasteiger partial charge in [-0.05, 0) is 87.9 Å². The van der Waals surface area contributed by atoms with Gasteiger partial charge in [0, 0.05) is 86.1 Å². The lowest BCUT2D eigenvalue weighted by atomic mass is 10.0. The predicted octanol–water partition coefficient (Wildman–Crippen LogP) is 5.12. The fourth-order valence-electron chi connectivity index (χ4n) is 6.99. The number of pyridine rings is 3. The molecular formula is C35H41FN6O2. The Morgan fingerprint density at radius 2 is 1.82 bits per heavy atom. The molecule has 0 unspecified atom stereocenters. The molecule has 2 atom stereocenters. The second-order valence-electron chi connectivity index (χ2n) is 12.9. The van der Waals surface area contributed by atoms with Gasteiger partial charge >= 0.3 is 0 Å². The van der Waals surface area contributed by atoms with Gasteiger partial charge in [-0.2, -0.15) is 0 Å². The molecule has 2 aliphatic heterocycles. The highest BCUT2D eigenvalue weighted by atomic mass is 19.1. The molecule has 1 saturated carbocycles. The molecular weight excluding hydrogens is 555 g/mol. The number of aromatic nitrogens is 3. The van der Waals surface area contributed by atoms with Crippen molar-refractivity contribution in [2.75, 3.05) is 36.0 Å². The van der Waals surface area contributed by atoms with Gasteiger partial charge in [-0.3, -0.25) is 19.7 Å². The molecule has 3 fully saturated rings. The molecule has 0 spiro atoms. The summed E-state index contributed by atoms with van der Waals surface area (Å²) in [4.78, 5) is 29.8. The lowest BCUT2D eigenvalue weighted by Gasteiger charge is -2.40. The molecule has 1 aliphatic carbocycles. The van der Waals surface area contributed by atoms with E-state index in [1.165, 1.54) is 11.6 Å². The molecule has 4 aromatic rings. The molecule has 8 nitrogen and oxygen atoms in total. The maximum absolute atomic E-state index is 15.6. The molecule has 7 rings (SSSR count). The van der Waals surface area contributed by atoms with Crippen molar-refractivity contribution in [2.24, 2.45) is 0 Å². The lowest BCUT2D eigenvalue weighted by molar-refractivity contribution is 0.158. The van der Waals surface area contributed by atoms with Crippen molar-refractivity contribution in [3.63, 3.8) is 0 Å².